The van der Waals surface area contributed by atoms with Gasteiger partial charge in [0.25, 0.3) is 0 Å². The zero-order valence-corrected chi connectivity index (χ0v) is 12.4. The van der Waals surface area contributed by atoms with Crippen LogP contribution in [-0.2, 0) is 4.79 Å². The number of nitrogens with zero attached hydrogens (tertiary/aromatic N) is 1. The van der Waals surface area contributed by atoms with Crippen LogP contribution in [0.4, 0.5) is 0 Å². The highest BCUT2D eigenvalue weighted by Crippen LogP contribution is 2.20. The first kappa shape index (κ1) is 15.5. The molecule has 1 amide bonds. The summed E-state index contributed by atoms with van der Waals surface area (Å²) in [6, 6.07) is 0.629. The normalized spacial score (nSPS) is 21.6. The Balaban J connectivity index is 2.18. The summed E-state index contributed by atoms with van der Waals surface area (Å²) in [6.45, 7) is 9.69. The Kier molecular flexibility index (Phi) is 7.33. The maximum atomic E-state index is 11.8. The van der Waals surface area contributed by atoms with Crippen LogP contribution in [0.25, 0.3) is 0 Å². The average molecular weight is 254 g/mol. The van der Waals surface area contributed by atoms with E-state index >= 15 is 0 Å². The molecule has 1 N–H and O–H groups in total. The number of hydrogen-bond acceptors (Lipinski definition) is 2. The number of rotatable bonds is 9. The van der Waals surface area contributed by atoms with E-state index in [4.69, 9.17) is 0 Å². The van der Waals surface area contributed by atoms with Crippen molar-refractivity contribution in [2.24, 2.45) is 5.92 Å². The van der Waals surface area contributed by atoms with Crippen molar-refractivity contribution in [2.75, 3.05) is 19.6 Å². The predicted molar refractivity (Wildman–Crippen MR) is 76.6 cm³/mol. The van der Waals surface area contributed by atoms with E-state index < -0.39 is 0 Å². The topological polar surface area (TPSA) is 32.3 Å². The van der Waals surface area contributed by atoms with E-state index in [1.54, 1.807) is 0 Å². The summed E-state index contributed by atoms with van der Waals surface area (Å²) in [6.07, 6.45) is 6.62. The highest BCUT2D eigenvalue weighted by molar-refractivity contribution is 5.78. The monoisotopic (exact) mass is 254 g/mol. The van der Waals surface area contributed by atoms with Crippen molar-refractivity contribution in [2.45, 2.75) is 65.3 Å². The fourth-order valence-corrected chi connectivity index (χ4v) is 2.67. The first-order valence-corrected chi connectivity index (χ1v) is 7.72. The van der Waals surface area contributed by atoms with Crippen molar-refractivity contribution in [1.82, 2.24) is 10.2 Å². The van der Waals surface area contributed by atoms with Crippen LogP contribution in [0.5, 0.6) is 0 Å². The third-order valence-corrected chi connectivity index (χ3v) is 4.03. The van der Waals surface area contributed by atoms with E-state index in [2.05, 4.69) is 31.0 Å². The molecule has 106 valence electrons. The number of nitrogens with one attached hydrogen (secondary N) is 1. The molecule has 1 aliphatic rings. The van der Waals surface area contributed by atoms with E-state index in [9.17, 15) is 4.79 Å². The Bertz CT molecular complexity index is 243. The summed E-state index contributed by atoms with van der Waals surface area (Å²) >= 11 is 0. The lowest BCUT2D eigenvalue weighted by molar-refractivity contribution is -0.127. The molecule has 1 saturated heterocycles. The van der Waals surface area contributed by atoms with E-state index in [0.717, 1.165) is 38.9 Å². The molecule has 0 aliphatic carbocycles. The molecular formula is C15H30N2O. The third-order valence-electron chi connectivity index (χ3n) is 4.03. The first-order valence-electron chi connectivity index (χ1n) is 7.72. The number of hydrogen-bond donors (Lipinski definition) is 1. The van der Waals surface area contributed by atoms with Gasteiger partial charge in [-0.15, -0.1) is 0 Å². The fourth-order valence-electron chi connectivity index (χ4n) is 2.67. The molecule has 0 aromatic heterocycles. The SMILES string of the molecule is CCCNC(CC)CCCN1CC(CC)CC1=O. The molecule has 0 spiro atoms. The third kappa shape index (κ3) is 4.97. The molecule has 0 bridgehead atoms. The second-order valence-corrected chi connectivity index (χ2v) is 5.52. The maximum Gasteiger partial charge on any atom is 0.222 e. The van der Waals surface area contributed by atoms with E-state index in [1.807, 2.05) is 0 Å². The molecule has 1 fully saturated rings. The summed E-state index contributed by atoms with van der Waals surface area (Å²) in [5, 5.41) is 3.57. The highest BCUT2D eigenvalue weighted by atomic mass is 16.2. The van der Waals surface area contributed by atoms with E-state index in [-0.39, 0.29) is 0 Å². The van der Waals surface area contributed by atoms with Crippen molar-refractivity contribution in [1.29, 1.82) is 0 Å². The molecule has 0 radical (unpaired) electrons. The maximum absolute atomic E-state index is 11.8. The van der Waals surface area contributed by atoms with Crippen LogP contribution in [0, 0.1) is 5.92 Å². The number of carbonyl (C=O) groups is 1. The van der Waals surface area contributed by atoms with Crippen molar-refractivity contribution in [3.8, 4) is 0 Å². The molecule has 1 aliphatic heterocycles. The molecular weight excluding hydrogens is 224 g/mol. The lowest BCUT2D eigenvalue weighted by Gasteiger charge is -2.20. The van der Waals surface area contributed by atoms with Gasteiger partial charge in [-0.2, -0.15) is 0 Å². The molecule has 2 atom stereocenters. The molecule has 0 aromatic carbocycles. The summed E-state index contributed by atoms with van der Waals surface area (Å²) in [7, 11) is 0. The lowest BCUT2D eigenvalue weighted by atomic mass is 10.1. The van der Waals surface area contributed by atoms with Crippen LogP contribution in [0.3, 0.4) is 0 Å². The number of carbonyl (C=O) groups excluding carboxylic acids is 1. The molecule has 1 rings (SSSR count). The lowest BCUT2D eigenvalue weighted by Crippen LogP contribution is -2.31. The predicted octanol–water partition coefficient (Wildman–Crippen LogP) is 2.80. The number of amides is 1. The Hall–Kier alpha value is -0.570. The summed E-state index contributed by atoms with van der Waals surface area (Å²) in [4.78, 5) is 13.8. The van der Waals surface area contributed by atoms with Gasteiger partial charge in [0, 0.05) is 25.6 Å². The summed E-state index contributed by atoms with van der Waals surface area (Å²) in [5.74, 6) is 0.981. The molecule has 3 nitrogen and oxygen atoms in total. The van der Waals surface area contributed by atoms with Gasteiger partial charge in [0.1, 0.15) is 0 Å². The van der Waals surface area contributed by atoms with Gasteiger partial charge < -0.3 is 10.2 Å². The smallest absolute Gasteiger partial charge is 0.222 e. The van der Waals surface area contributed by atoms with Gasteiger partial charge in [0.2, 0.25) is 5.91 Å². The van der Waals surface area contributed by atoms with Gasteiger partial charge in [0.05, 0.1) is 0 Å². The summed E-state index contributed by atoms with van der Waals surface area (Å²) < 4.78 is 0. The van der Waals surface area contributed by atoms with Gasteiger partial charge in [-0.1, -0.05) is 27.2 Å². The van der Waals surface area contributed by atoms with Crippen LogP contribution in [-0.4, -0.2) is 36.5 Å². The van der Waals surface area contributed by atoms with Crippen LogP contribution in [0.2, 0.25) is 0 Å². The zero-order valence-electron chi connectivity index (χ0n) is 12.4. The second-order valence-electron chi connectivity index (χ2n) is 5.52. The van der Waals surface area contributed by atoms with Gasteiger partial charge in [-0.25, -0.2) is 0 Å². The standard InChI is InChI=1S/C15H30N2O/c1-4-9-16-14(6-3)8-7-10-17-12-13(5-2)11-15(17)18/h13-14,16H,4-12H2,1-3H3. The highest BCUT2D eigenvalue weighted by Gasteiger charge is 2.27. The fraction of sp³-hybridized carbons (Fsp3) is 0.933. The average Bonchev–Trinajstić information content (AvgIpc) is 2.74. The molecule has 1 heterocycles. The van der Waals surface area contributed by atoms with Crippen LogP contribution < -0.4 is 5.32 Å². The largest absolute Gasteiger partial charge is 0.342 e. The first-order chi connectivity index (χ1) is 8.71. The zero-order chi connectivity index (χ0) is 13.4. The van der Waals surface area contributed by atoms with Crippen molar-refractivity contribution in [3.63, 3.8) is 0 Å². The minimum Gasteiger partial charge on any atom is -0.342 e. The molecule has 2 unspecified atom stereocenters. The van der Waals surface area contributed by atoms with Gasteiger partial charge in [-0.3, -0.25) is 4.79 Å². The minimum absolute atomic E-state index is 0.372. The molecule has 3 heteroatoms. The Morgan fingerprint density at radius 3 is 2.72 bits per heavy atom. The van der Waals surface area contributed by atoms with Gasteiger partial charge >= 0.3 is 0 Å². The molecule has 0 aromatic rings. The van der Waals surface area contributed by atoms with E-state index in [0.29, 0.717) is 17.9 Å². The van der Waals surface area contributed by atoms with Crippen LogP contribution in [0.1, 0.15) is 59.3 Å². The van der Waals surface area contributed by atoms with Gasteiger partial charge in [-0.05, 0) is 38.1 Å². The quantitative estimate of drug-likeness (QED) is 0.686. The summed E-state index contributed by atoms with van der Waals surface area (Å²) in [5.41, 5.74) is 0. The second kappa shape index (κ2) is 8.52. The van der Waals surface area contributed by atoms with Crippen LogP contribution >= 0.6 is 0 Å². The van der Waals surface area contributed by atoms with Gasteiger partial charge in [0.15, 0.2) is 0 Å². The van der Waals surface area contributed by atoms with Crippen molar-refractivity contribution < 1.29 is 4.79 Å². The van der Waals surface area contributed by atoms with Crippen LogP contribution in [0.15, 0.2) is 0 Å². The molecule has 18 heavy (non-hydrogen) atoms. The Labute approximate surface area is 112 Å². The Morgan fingerprint density at radius 1 is 1.39 bits per heavy atom. The van der Waals surface area contributed by atoms with E-state index in [1.165, 1.54) is 19.3 Å². The van der Waals surface area contributed by atoms with Crippen molar-refractivity contribution >= 4 is 5.91 Å². The molecule has 0 saturated carbocycles. The Morgan fingerprint density at radius 2 is 2.17 bits per heavy atom. The van der Waals surface area contributed by atoms with Crippen molar-refractivity contribution in [3.05, 3.63) is 0 Å². The minimum atomic E-state index is 0.372. The number of likely N-dealkylation sites (tertiary alicyclic amines) is 1.